The number of hydrogen-bond donors (Lipinski definition) is 0. The number of nitrogens with zero attached hydrogens (tertiary/aromatic N) is 1. The number of aromatic nitrogens is 1. The average Bonchev–Trinajstić information content (AvgIpc) is 2.49. The van der Waals surface area contributed by atoms with Gasteiger partial charge in [0.15, 0.2) is 0 Å². The SMILES string of the molecule is Cc1ccc2ccn(SOI)c2c1. The van der Waals surface area contributed by atoms with E-state index in [1.165, 1.54) is 28.7 Å². The number of hydrogen-bond acceptors (Lipinski definition) is 2. The highest BCUT2D eigenvalue weighted by molar-refractivity contribution is 14.1. The quantitative estimate of drug-likeness (QED) is 0.620. The van der Waals surface area contributed by atoms with Gasteiger partial charge in [0.1, 0.15) is 35.2 Å². The van der Waals surface area contributed by atoms with E-state index in [9.17, 15) is 0 Å². The van der Waals surface area contributed by atoms with Crippen LogP contribution < -0.4 is 0 Å². The molecule has 0 aliphatic carbocycles. The summed E-state index contributed by atoms with van der Waals surface area (Å²) in [5.74, 6) is 0. The van der Waals surface area contributed by atoms with Crippen LogP contribution in [0.5, 0.6) is 0 Å². The molecule has 0 aliphatic heterocycles. The summed E-state index contributed by atoms with van der Waals surface area (Å²) in [4.78, 5) is 0. The monoisotopic (exact) mass is 305 g/mol. The van der Waals surface area contributed by atoms with Gasteiger partial charge < -0.3 is 0 Å². The first kappa shape index (κ1) is 9.36. The smallest absolute Gasteiger partial charge is 0.129 e. The average molecular weight is 305 g/mol. The van der Waals surface area contributed by atoms with Crippen molar-refractivity contribution in [3.05, 3.63) is 36.0 Å². The van der Waals surface area contributed by atoms with Gasteiger partial charge in [-0.1, -0.05) is 12.1 Å². The van der Waals surface area contributed by atoms with Gasteiger partial charge >= 0.3 is 0 Å². The summed E-state index contributed by atoms with van der Waals surface area (Å²) >= 11 is 3.20. The third kappa shape index (κ3) is 1.84. The van der Waals surface area contributed by atoms with Gasteiger partial charge in [-0.05, 0) is 24.6 Å². The highest BCUT2D eigenvalue weighted by Crippen LogP contribution is 2.23. The van der Waals surface area contributed by atoms with E-state index in [-0.39, 0.29) is 0 Å². The fourth-order valence-electron chi connectivity index (χ4n) is 1.31. The maximum absolute atomic E-state index is 4.98. The van der Waals surface area contributed by atoms with E-state index < -0.39 is 0 Å². The Morgan fingerprint density at radius 2 is 2.23 bits per heavy atom. The first-order valence-electron chi connectivity index (χ1n) is 3.85. The summed E-state index contributed by atoms with van der Waals surface area (Å²) in [6, 6.07) is 8.46. The van der Waals surface area contributed by atoms with Crippen LogP contribution in [-0.2, 0) is 2.51 Å². The van der Waals surface area contributed by atoms with Crippen molar-refractivity contribution >= 4 is 46.1 Å². The van der Waals surface area contributed by atoms with Crippen LogP contribution in [0.15, 0.2) is 30.5 Å². The second-order valence-corrected chi connectivity index (χ2v) is 4.59. The summed E-state index contributed by atoms with van der Waals surface area (Å²) in [5, 5.41) is 1.24. The molecule has 0 amide bonds. The van der Waals surface area contributed by atoms with Crippen molar-refractivity contribution in [3.8, 4) is 0 Å². The molecule has 0 unspecified atom stereocenters. The fraction of sp³-hybridized carbons (Fsp3) is 0.111. The zero-order valence-electron chi connectivity index (χ0n) is 7.03. The molecular weight excluding hydrogens is 297 g/mol. The van der Waals surface area contributed by atoms with Gasteiger partial charge in [0.05, 0.1) is 5.52 Å². The second-order valence-electron chi connectivity index (χ2n) is 2.84. The minimum Gasteiger partial charge on any atom is -0.267 e. The lowest BCUT2D eigenvalue weighted by Gasteiger charge is -1.99. The van der Waals surface area contributed by atoms with Gasteiger partial charge in [0, 0.05) is 11.6 Å². The molecule has 68 valence electrons. The topological polar surface area (TPSA) is 14.2 Å². The van der Waals surface area contributed by atoms with Crippen LogP contribution in [0.4, 0.5) is 0 Å². The Bertz CT molecular complexity index is 426. The zero-order chi connectivity index (χ0) is 9.26. The third-order valence-electron chi connectivity index (χ3n) is 1.92. The Morgan fingerprint density at radius 1 is 1.38 bits per heavy atom. The minimum atomic E-state index is 1.20. The standard InChI is InChI=1S/C9H8INOS/c1-7-2-3-8-4-5-11(13-12-10)9(8)6-7/h2-6H,1H3. The summed E-state index contributed by atoms with van der Waals surface area (Å²) in [6.07, 6.45) is 2.01. The molecule has 2 aromatic rings. The second kappa shape index (κ2) is 3.89. The number of aryl methyl sites for hydroxylation is 1. The lowest BCUT2D eigenvalue weighted by atomic mass is 10.2. The molecule has 0 aliphatic rings. The Balaban J connectivity index is 2.58. The Morgan fingerprint density at radius 3 is 3.00 bits per heavy atom. The Kier molecular flexibility index (Phi) is 2.80. The lowest BCUT2D eigenvalue weighted by molar-refractivity contribution is 0.831. The van der Waals surface area contributed by atoms with Gasteiger partial charge in [-0.15, -0.1) is 0 Å². The van der Waals surface area contributed by atoms with Crippen LogP contribution in [0.1, 0.15) is 5.56 Å². The van der Waals surface area contributed by atoms with Gasteiger partial charge in [-0.2, -0.15) is 0 Å². The van der Waals surface area contributed by atoms with E-state index in [2.05, 4.69) is 31.2 Å². The van der Waals surface area contributed by atoms with E-state index in [1.54, 1.807) is 0 Å². The summed E-state index contributed by atoms with van der Waals surface area (Å²) in [5.41, 5.74) is 2.46. The molecule has 2 nitrogen and oxygen atoms in total. The molecule has 0 fully saturated rings. The number of halogens is 1. The van der Waals surface area contributed by atoms with Gasteiger partial charge in [-0.3, -0.25) is 3.97 Å². The minimum absolute atomic E-state index is 1.20. The normalized spacial score (nSPS) is 10.9. The molecule has 2 rings (SSSR count). The summed E-state index contributed by atoms with van der Waals surface area (Å²) < 4.78 is 6.99. The third-order valence-corrected chi connectivity index (χ3v) is 2.94. The first-order chi connectivity index (χ1) is 6.31. The van der Waals surface area contributed by atoms with Gasteiger partial charge in [-0.25, -0.2) is 2.51 Å². The molecule has 0 radical (unpaired) electrons. The number of benzene rings is 1. The maximum Gasteiger partial charge on any atom is 0.129 e. The van der Waals surface area contributed by atoms with Crippen molar-refractivity contribution in [2.24, 2.45) is 0 Å². The molecule has 0 atom stereocenters. The number of rotatable bonds is 2. The van der Waals surface area contributed by atoms with Crippen LogP contribution in [-0.4, -0.2) is 3.97 Å². The van der Waals surface area contributed by atoms with Crippen molar-refractivity contribution in [2.75, 3.05) is 0 Å². The lowest BCUT2D eigenvalue weighted by Crippen LogP contribution is -1.82. The van der Waals surface area contributed by atoms with Crippen molar-refractivity contribution in [1.82, 2.24) is 3.97 Å². The predicted molar refractivity (Wildman–Crippen MR) is 64.8 cm³/mol. The van der Waals surface area contributed by atoms with Crippen LogP contribution in [0.25, 0.3) is 10.9 Å². The predicted octanol–water partition coefficient (Wildman–Crippen LogP) is 3.73. The van der Waals surface area contributed by atoms with Crippen LogP contribution in [0, 0.1) is 6.92 Å². The number of fused-ring (bicyclic) bond motifs is 1. The van der Waals surface area contributed by atoms with Gasteiger partial charge in [0.2, 0.25) is 0 Å². The molecule has 1 aromatic heterocycles. The maximum atomic E-state index is 4.98. The van der Waals surface area contributed by atoms with E-state index in [0.717, 1.165) is 0 Å². The van der Waals surface area contributed by atoms with Crippen molar-refractivity contribution in [3.63, 3.8) is 0 Å². The van der Waals surface area contributed by atoms with E-state index in [0.29, 0.717) is 0 Å². The van der Waals surface area contributed by atoms with Crippen molar-refractivity contribution in [1.29, 1.82) is 0 Å². The molecule has 0 N–H and O–H groups in total. The van der Waals surface area contributed by atoms with Crippen molar-refractivity contribution < 1.29 is 2.51 Å². The molecular formula is C9H8INOS. The molecule has 1 heterocycles. The van der Waals surface area contributed by atoms with Crippen LogP contribution >= 0.6 is 35.2 Å². The van der Waals surface area contributed by atoms with Crippen molar-refractivity contribution in [2.45, 2.75) is 6.92 Å². The first-order valence-corrected chi connectivity index (χ1v) is 5.42. The van der Waals surface area contributed by atoms with Crippen LogP contribution in [0.2, 0.25) is 0 Å². The Hall–Kier alpha value is -0.200. The molecule has 4 heteroatoms. The molecule has 13 heavy (non-hydrogen) atoms. The summed E-state index contributed by atoms with van der Waals surface area (Å²) in [6.45, 7) is 2.09. The highest BCUT2D eigenvalue weighted by atomic mass is 127. The molecule has 1 aromatic carbocycles. The van der Waals surface area contributed by atoms with Gasteiger partial charge in [0.25, 0.3) is 0 Å². The highest BCUT2D eigenvalue weighted by Gasteiger charge is 2.00. The zero-order valence-corrected chi connectivity index (χ0v) is 10.0. The molecule has 0 spiro atoms. The van der Waals surface area contributed by atoms with Crippen LogP contribution in [0.3, 0.4) is 0 Å². The fourth-order valence-corrected chi connectivity index (χ4v) is 2.24. The molecule has 0 bridgehead atoms. The molecule has 0 saturated heterocycles. The largest absolute Gasteiger partial charge is 0.267 e. The van der Waals surface area contributed by atoms with E-state index in [1.807, 2.05) is 33.2 Å². The summed E-state index contributed by atoms with van der Waals surface area (Å²) in [7, 11) is 0. The Labute approximate surface area is 95.3 Å². The molecule has 0 saturated carbocycles. The van der Waals surface area contributed by atoms with E-state index in [4.69, 9.17) is 2.51 Å². The van der Waals surface area contributed by atoms with E-state index >= 15 is 0 Å².